The van der Waals surface area contributed by atoms with Crippen LogP contribution in [0.5, 0.6) is 0 Å². The molecule has 3 rings (SSSR count). The minimum atomic E-state index is -1.34. The Balaban J connectivity index is 1.55. The Bertz CT molecular complexity index is 791. The third-order valence-electron chi connectivity index (χ3n) is 5.97. The van der Waals surface area contributed by atoms with Crippen LogP contribution in [0, 0.1) is 5.92 Å². The van der Waals surface area contributed by atoms with Gasteiger partial charge in [0.05, 0.1) is 0 Å². The van der Waals surface area contributed by atoms with Crippen molar-refractivity contribution in [3.63, 3.8) is 0 Å². The molecule has 152 valence electrons. The molecule has 0 amide bonds. The van der Waals surface area contributed by atoms with Crippen molar-refractivity contribution in [2.75, 3.05) is 13.1 Å². The van der Waals surface area contributed by atoms with Gasteiger partial charge in [-0.25, -0.2) is 0 Å². The van der Waals surface area contributed by atoms with E-state index in [1.165, 1.54) is 15.6 Å². The lowest BCUT2D eigenvalue weighted by atomic mass is 9.74. The number of rotatable bonds is 9. The predicted molar refractivity (Wildman–Crippen MR) is 113 cm³/mol. The minimum Gasteiger partial charge on any atom is -0.480 e. The molecule has 1 atom stereocenters. The fourth-order valence-electron chi connectivity index (χ4n) is 4.23. The van der Waals surface area contributed by atoms with Crippen molar-refractivity contribution in [2.24, 2.45) is 11.7 Å². The summed E-state index contributed by atoms with van der Waals surface area (Å²) in [7, 11) is -1.34. The molecule has 8 heteroatoms. The SMILES string of the molecule is NC(CCCCB(O)O)(C(=O)O)C1CCN(Cc2csc3ccccc23)CC1. The Kier molecular flexibility index (Phi) is 7.12. The maximum Gasteiger partial charge on any atom is 0.451 e. The van der Waals surface area contributed by atoms with E-state index >= 15 is 0 Å². The topological polar surface area (TPSA) is 107 Å². The summed E-state index contributed by atoms with van der Waals surface area (Å²) in [5.74, 6) is -1.00. The van der Waals surface area contributed by atoms with Crippen LogP contribution >= 0.6 is 11.3 Å². The van der Waals surface area contributed by atoms with Crippen molar-refractivity contribution < 1.29 is 19.9 Å². The maximum absolute atomic E-state index is 11.9. The van der Waals surface area contributed by atoms with Gasteiger partial charge in [-0.05, 0) is 67.0 Å². The zero-order valence-electron chi connectivity index (χ0n) is 16.1. The third-order valence-corrected chi connectivity index (χ3v) is 6.98. The number of unbranched alkanes of at least 4 members (excludes halogenated alkanes) is 1. The van der Waals surface area contributed by atoms with Crippen molar-refractivity contribution in [3.05, 3.63) is 35.2 Å². The van der Waals surface area contributed by atoms with Crippen LogP contribution in [-0.4, -0.2) is 51.8 Å². The van der Waals surface area contributed by atoms with Gasteiger partial charge >= 0.3 is 13.1 Å². The second-order valence-electron chi connectivity index (χ2n) is 7.88. The first kappa shape index (κ1) is 21.3. The smallest absolute Gasteiger partial charge is 0.451 e. The molecule has 1 aromatic carbocycles. The lowest BCUT2D eigenvalue weighted by Crippen LogP contribution is -2.56. The zero-order valence-corrected chi connectivity index (χ0v) is 16.9. The van der Waals surface area contributed by atoms with Crippen molar-refractivity contribution in [2.45, 2.75) is 50.5 Å². The number of likely N-dealkylation sites (tertiary alicyclic amines) is 1. The number of hydrogen-bond donors (Lipinski definition) is 4. The molecule has 0 spiro atoms. The van der Waals surface area contributed by atoms with Gasteiger partial charge in [-0.15, -0.1) is 11.3 Å². The molecule has 2 aromatic rings. The first-order chi connectivity index (χ1) is 13.4. The summed E-state index contributed by atoms with van der Waals surface area (Å²) in [6, 6.07) is 8.42. The standard InChI is InChI=1S/C20H29BN2O4S/c22-20(19(24)25,9-3-4-10-21(26)27)16-7-11-23(12-8-16)13-15-14-28-18-6-2-1-5-17(15)18/h1-2,5-6,14,16,26-27H,3-4,7-13,22H2,(H,24,25). The molecular weight excluding hydrogens is 375 g/mol. The van der Waals surface area contributed by atoms with Gasteiger partial charge in [0.15, 0.2) is 0 Å². The number of carboxylic acid groups (broad SMARTS) is 1. The van der Waals surface area contributed by atoms with Crippen LogP contribution in [-0.2, 0) is 11.3 Å². The van der Waals surface area contributed by atoms with E-state index < -0.39 is 18.6 Å². The molecule has 0 saturated carbocycles. The van der Waals surface area contributed by atoms with E-state index in [1.54, 1.807) is 11.3 Å². The van der Waals surface area contributed by atoms with Gasteiger partial charge in [0.25, 0.3) is 0 Å². The molecular formula is C20H29BN2O4S. The number of fused-ring (bicyclic) bond motifs is 1. The highest BCUT2D eigenvalue weighted by Crippen LogP contribution is 2.33. The van der Waals surface area contributed by atoms with Gasteiger partial charge in [-0.3, -0.25) is 9.69 Å². The zero-order chi connectivity index (χ0) is 20.1. The molecule has 1 aromatic heterocycles. The predicted octanol–water partition coefficient (Wildman–Crippen LogP) is 2.54. The fourth-order valence-corrected chi connectivity index (χ4v) is 5.19. The van der Waals surface area contributed by atoms with Gasteiger partial charge in [0, 0.05) is 11.2 Å². The maximum atomic E-state index is 11.9. The number of nitrogens with zero attached hydrogens (tertiary/aromatic N) is 1. The van der Waals surface area contributed by atoms with Gasteiger partial charge in [0.1, 0.15) is 5.54 Å². The molecule has 6 nitrogen and oxygen atoms in total. The molecule has 1 aliphatic rings. The average Bonchev–Trinajstić information content (AvgIpc) is 3.08. The summed E-state index contributed by atoms with van der Waals surface area (Å²) in [4.78, 5) is 14.3. The summed E-state index contributed by atoms with van der Waals surface area (Å²) in [5.41, 5.74) is 6.44. The van der Waals surface area contributed by atoms with Gasteiger partial charge < -0.3 is 20.9 Å². The second kappa shape index (κ2) is 9.37. The lowest BCUT2D eigenvalue weighted by Gasteiger charge is -2.40. The van der Waals surface area contributed by atoms with E-state index in [2.05, 4.69) is 34.5 Å². The highest BCUT2D eigenvalue weighted by atomic mass is 32.1. The van der Waals surface area contributed by atoms with Crippen molar-refractivity contribution in [1.29, 1.82) is 0 Å². The lowest BCUT2D eigenvalue weighted by molar-refractivity contribution is -0.147. The summed E-state index contributed by atoms with van der Waals surface area (Å²) >= 11 is 1.76. The summed E-state index contributed by atoms with van der Waals surface area (Å²) < 4.78 is 1.30. The molecule has 0 bridgehead atoms. The van der Waals surface area contributed by atoms with Gasteiger partial charge in [-0.1, -0.05) is 31.0 Å². The average molecular weight is 404 g/mol. The van der Waals surface area contributed by atoms with E-state index in [0.29, 0.717) is 19.3 Å². The largest absolute Gasteiger partial charge is 0.480 e. The number of hydrogen-bond acceptors (Lipinski definition) is 6. The second-order valence-corrected chi connectivity index (χ2v) is 8.79. The van der Waals surface area contributed by atoms with E-state index in [1.807, 2.05) is 0 Å². The quantitative estimate of drug-likeness (QED) is 0.378. The Morgan fingerprint density at radius 3 is 2.64 bits per heavy atom. The van der Waals surface area contributed by atoms with Crippen LogP contribution in [0.2, 0.25) is 6.32 Å². The number of nitrogens with two attached hydrogens (primary N) is 1. The fraction of sp³-hybridized carbons (Fsp3) is 0.550. The Morgan fingerprint density at radius 2 is 1.96 bits per heavy atom. The third kappa shape index (κ3) is 4.93. The minimum absolute atomic E-state index is 0.0560. The summed E-state index contributed by atoms with van der Waals surface area (Å²) in [6.45, 7) is 2.57. The van der Waals surface area contributed by atoms with Gasteiger partial charge in [-0.2, -0.15) is 0 Å². The molecule has 1 aliphatic heterocycles. The molecule has 0 aliphatic carbocycles. The van der Waals surface area contributed by atoms with Crippen molar-refractivity contribution >= 4 is 34.5 Å². The van der Waals surface area contributed by atoms with E-state index in [0.717, 1.165) is 32.5 Å². The number of aliphatic carboxylic acids is 1. The number of carboxylic acids is 1. The molecule has 1 unspecified atom stereocenters. The van der Waals surface area contributed by atoms with Crippen LogP contribution in [0.15, 0.2) is 29.6 Å². The Labute approximate surface area is 170 Å². The van der Waals surface area contributed by atoms with E-state index in [-0.39, 0.29) is 12.2 Å². The van der Waals surface area contributed by atoms with E-state index in [9.17, 15) is 9.90 Å². The van der Waals surface area contributed by atoms with Crippen LogP contribution in [0.25, 0.3) is 10.1 Å². The molecule has 2 heterocycles. The van der Waals surface area contributed by atoms with Gasteiger partial charge in [0.2, 0.25) is 0 Å². The highest BCUT2D eigenvalue weighted by Gasteiger charge is 2.42. The first-order valence-corrected chi connectivity index (χ1v) is 10.8. The Hall–Kier alpha value is -1.45. The number of benzene rings is 1. The summed E-state index contributed by atoms with van der Waals surface area (Å²) in [5, 5.41) is 31.2. The number of piperidine rings is 1. The normalized spacial score (nSPS) is 18.2. The Morgan fingerprint density at radius 1 is 1.25 bits per heavy atom. The monoisotopic (exact) mass is 404 g/mol. The van der Waals surface area contributed by atoms with Crippen LogP contribution < -0.4 is 5.73 Å². The van der Waals surface area contributed by atoms with Crippen molar-refractivity contribution in [1.82, 2.24) is 4.90 Å². The van der Waals surface area contributed by atoms with Crippen molar-refractivity contribution in [3.8, 4) is 0 Å². The highest BCUT2D eigenvalue weighted by molar-refractivity contribution is 7.17. The molecule has 0 radical (unpaired) electrons. The summed E-state index contributed by atoms with van der Waals surface area (Å²) in [6.07, 6.45) is 3.31. The molecule has 5 N–H and O–H groups in total. The first-order valence-electron chi connectivity index (χ1n) is 9.96. The number of carbonyl (C=O) groups is 1. The van der Waals surface area contributed by atoms with E-state index in [4.69, 9.17) is 15.8 Å². The number of thiophene rings is 1. The van der Waals surface area contributed by atoms with Crippen LogP contribution in [0.1, 0.15) is 37.7 Å². The van der Waals surface area contributed by atoms with Crippen LogP contribution in [0.4, 0.5) is 0 Å². The molecule has 28 heavy (non-hydrogen) atoms. The van der Waals surface area contributed by atoms with Crippen LogP contribution in [0.3, 0.4) is 0 Å². The molecule has 1 saturated heterocycles. The molecule has 1 fully saturated rings.